The molecule has 1 radical (unpaired) electrons. The molecule has 0 saturated carbocycles. The zero-order valence-corrected chi connectivity index (χ0v) is 9.28. The van der Waals surface area contributed by atoms with Crippen molar-refractivity contribution in [3.05, 3.63) is 0 Å². The van der Waals surface area contributed by atoms with Crippen LogP contribution >= 0.6 is 0 Å². The summed E-state index contributed by atoms with van der Waals surface area (Å²) in [4.78, 5) is 0. The normalized spacial score (nSPS) is 0. The standard InChI is InChI=1S/Al.Mo.Ti.V.Zr.3H. The Morgan fingerprint density at radius 2 is 1.00 bits per heavy atom. The molecule has 5 heavy (non-hydrogen) atoms. The molecular formula is H3AlMoTiVZr. The van der Waals surface area contributed by atoms with Crippen LogP contribution in [0.2, 0.25) is 0 Å². The zero-order chi connectivity index (χ0) is 0. The topological polar surface area (TPSA) is 0 Å². The monoisotopic (exact) mass is 317 g/mol. The molecule has 0 fully saturated rings. The molecular weight excluding hydrogens is 313 g/mol. The van der Waals surface area contributed by atoms with Gasteiger partial charge < -0.3 is 0 Å². The number of hydrogen-bond acceptors (Lipinski definition) is 0. The molecule has 0 aliphatic carbocycles. The van der Waals surface area contributed by atoms with E-state index in [4.69, 9.17) is 0 Å². The fourth-order valence-corrected chi connectivity index (χ4v) is 0. The van der Waals surface area contributed by atoms with E-state index in [1.54, 1.807) is 0 Å². The summed E-state index contributed by atoms with van der Waals surface area (Å²) in [5.74, 6) is 0. The van der Waals surface area contributed by atoms with Crippen molar-refractivity contribution in [1.29, 1.82) is 0 Å². The Kier molecular flexibility index (Phi) is 208. The molecule has 0 nitrogen and oxygen atoms in total. The quantitative estimate of drug-likeness (QED) is 0.493. The first-order valence-corrected chi connectivity index (χ1v) is 0. The van der Waals surface area contributed by atoms with Crippen molar-refractivity contribution < 1.29 is 87.5 Å². The predicted octanol–water partition coefficient (Wildman–Crippen LogP) is -1.19. The van der Waals surface area contributed by atoms with Crippen molar-refractivity contribution in [2.75, 3.05) is 0 Å². The molecule has 0 aromatic carbocycles. The molecule has 0 amide bonds. The van der Waals surface area contributed by atoms with E-state index in [2.05, 4.69) is 0 Å². The van der Waals surface area contributed by atoms with E-state index in [1.807, 2.05) is 0 Å². The van der Waals surface area contributed by atoms with Gasteiger partial charge in [0.15, 0.2) is 17.4 Å². The Morgan fingerprint density at radius 1 is 1.00 bits per heavy atom. The molecule has 5 heteroatoms. The van der Waals surface area contributed by atoms with Crippen LogP contribution in [0.3, 0.4) is 0 Å². The molecule has 0 heterocycles. The first-order chi connectivity index (χ1) is 0. The first-order valence-electron chi connectivity index (χ1n) is 0. The van der Waals surface area contributed by atoms with Gasteiger partial charge in [0.05, 0.1) is 0 Å². The largest absolute Gasteiger partial charge is 0.187 e. The minimum Gasteiger partial charge on any atom is 0 e. The van der Waals surface area contributed by atoms with E-state index in [0.29, 0.717) is 0 Å². The Bertz CT molecular complexity index is 11.6. The molecule has 0 atom stereocenters. The van der Waals surface area contributed by atoms with Crippen LogP contribution in [-0.2, 0) is 87.5 Å². The van der Waals surface area contributed by atoms with Crippen molar-refractivity contribution in [3.8, 4) is 0 Å². The molecule has 0 spiro atoms. The molecule has 0 aliphatic heterocycles. The summed E-state index contributed by atoms with van der Waals surface area (Å²) in [6, 6.07) is 0. The van der Waals surface area contributed by atoms with Gasteiger partial charge in [0, 0.05) is 87.5 Å². The maximum Gasteiger partial charge on any atom is 0.187 e. The molecule has 0 aromatic rings. The fraction of sp³-hybridized carbons (Fsp3) is 0. The molecule has 0 unspecified atom stereocenters. The zero-order valence-electron chi connectivity index (χ0n) is 1.86. The summed E-state index contributed by atoms with van der Waals surface area (Å²) in [6.45, 7) is 0. The molecule has 0 N–H and O–H groups in total. The summed E-state index contributed by atoms with van der Waals surface area (Å²) in [6.07, 6.45) is 0. The Labute approximate surface area is 103 Å². The van der Waals surface area contributed by atoms with Gasteiger partial charge in [-0.05, 0) is 0 Å². The number of rotatable bonds is 0. The van der Waals surface area contributed by atoms with Crippen LogP contribution in [0.4, 0.5) is 0 Å². The molecule has 25 valence electrons. The second-order valence-electron chi connectivity index (χ2n) is 0. The maximum atomic E-state index is 0. The van der Waals surface area contributed by atoms with Gasteiger partial charge in [-0.3, -0.25) is 0 Å². The molecule has 0 aliphatic rings. The van der Waals surface area contributed by atoms with E-state index in [0.717, 1.165) is 0 Å². The average Bonchev–Trinajstić information content (AvgIpc) is 0. The van der Waals surface area contributed by atoms with Crippen molar-refractivity contribution >= 4 is 17.4 Å². The molecule has 0 aromatic heterocycles. The van der Waals surface area contributed by atoms with Gasteiger partial charge in [-0.2, -0.15) is 0 Å². The number of hydrogen-bond donors (Lipinski definition) is 0. The van der Waals surface area contributed by atoms with Crippen LogP contribution < -0.4 is 0 Å². The Morgan fingerprint density at radius 3 is 1.00 bits per heavy atom. The van der Waals surface area contributed by atoms with Gasteiger partial charge in [-0.1, -0.05) is 0 Å². The van der Waals surface area contributed by atoms with E-state index < -0.39 is 0 Å². The predicted molar refractivity (Wildman–Crippen MR) is 9.94 cm³/mol. The third kappa shape index (κ3) is 18.7. The van der Waals surface area contributed by atoms with Crippen LogP contribution in [0, 0.1) is 0 Å². The second kappa shape index (κ2) is 26.2. The van der Waals surface area contributed by atoms with Gasteiger partial charge in [-0.25, -0.2) is 0 Å². The van der Waals surface area contributed by atoms with Crippen LogP contribution in [0.25, 0.3) is 0 Å². The van der Waals surface area contributed by atoms with Crippen LogP contribution in [0.15, 0.2) is 0 Å². The van der Waals surface area contributed by atoms with Crippen LogP contribution in [0.5, 0.6) is 0 Å². The van der Waals surface area contributed by atoms with Crippen molar-refractivity contribution in [3.63, 3.8) is 0 Å². The molecule has 0 rings (SSSR count). The second-order valence-corrected chi connectivity index (χ2v) is 0. The Hall–Kier alpha value is 3.40. The van der Waals surface area contributed by atoms with Gasteiger partial charge >= 0.3 is 0 Å². The van der Waals surface area contributed by atoms with E-state index in [-0.39, 0.29) is 105 Å². The third-order valence-electron chi connectivity index (χ3n) is 0. The first kappa shape index (κ1) is 39.8. The molecule has 0 saturated heterocycles. The van der Waals surface area contributed by atoms with Crippen LogP contribution in [-0.4, -0.2) is 17.4 Å². The smallest absolute Gasteiger partial charge is 0 e. The summed E-state index contributed by atoms with van der Waals surface area (Å²) >= 11 is 0. The van der Waals surface area contributed by atoms with E-state index >= 15 is 0 Å². The van der Waals surface area contributed by atoms with E-state index in [9.17, 15) is 0 Å². The summed E-state index contributed by atoms with van der Waals surface area (Å²) in [5.41, 5.74) is 0. The van der Waals surface area contributed by atoms with Crippen molar-refractivity contribution in [2.45, 2.75) is 0 Å². The van der Waals surface area contributed by atoms with Gasteiger partial charge in [0.1, 0.15) is 0 Å². The van der Waals surface area contributed by atoms with Gasteiger partial charge in [0.2, 0.25) is 0 Å². The summed E-state index contributed by atoms with van der Waals surface area (Å²) < 4.78 is 0. The minimum atomic E-state index is 0. The summed E-state index contributed by atoms with van der Waals surface area (Å²) in [7, 11) is 0. The van der Waals surface area contributed by atoms with Crippen molar-refractivity contribution in [2.24, 2.45) is 0 Å². The molecule has 0 bridgehead atoms. The average molecular weight is 316 g/mol. The maximum absolute atomic E-state index is 0. The SMILES string of the molecule is [AlH3].[Mo].[Ti].[V].[Zr]. The third-order valence-corrected chi connectivity index (χ3v) is 0. The van der Waals surface area contributed by atoms with Crippen LogP contribution in [0.1, 0.15) is 0 Å². The van der Waals surface area contributed by atoms with E-state index in [1.165, 1.54) is 0 Å². The Balaban J connectivity index is 0. The fourth-order valence-electron chi connectivity index (χ4n) is 0. The minimum absolute atomic E-state index is 0. The summed E-state index contributed by atoms with van der Waals surface area (Å²) in [5, 5.41) is 0. The van der Waals surface area contributed by atoms with Gasteiger partial charge in [0.25, 0.3) is 0 Å². The van der Waals surface area contributed by atoms with Gasteiger partial charge in [-0.15, -0.1) is 0 Å². The van der Waals surface area contributed by atoms with Crippen molar-refractivity contribution in [1.82, 2.24) is 0 Å².